The Bertz CT molecular complexity index is 613. The molecule has 4 heteroatoms. The summed E-state index contributed by atoms with van der Waals surface area (Å²) in [5.74, 6) is 0. The molecule has 2 aromatic carbocycles. The van der Waals surface area contributed by atoms with Crippen LogP contribution in [0.15, 0.2) is 48.5 Å². The van der Waals surface area contributed by atoms with E-state index in [9.17, 15) is 14.9 Å². The average molecular weight is 253 g/mol. The highest BCUT2D eigenvalue weighted by atomic mass is 16.6. The third kappa shape index (κ3) is 3.35. The lowest BCUT2D eigenvalue weighted by atomic mass is 10.1. The van der Waals surface area contributed by atoms with Crippen LogP contribution >= 0.6 is 0 Å². The SMILES string of the molecule is O=Cc1ccc(C=Cc2ccc([N+](=O)[O-])cc2)cc1. The number of hydrogen-bond acceptors (Lipinski definition) is 3. The summed E-state index contributed by atoms with van der Waals surface area (Å²) in [6.45, 7) is 0. The first kappa shape index (κ1) is 12.7. The predicted molar refractivity (Wildman–Crippen MR) is 73.9 cm³/mol. The molecule has 0 fully saturated rings. The Morgan fingerprint density at radius 1 is 0.789 bits per heavy atom. The third-order valence-corrected chi connectivity index (χ3v) is 2.64. The van der Waals surface area contributed by atoms with Crippen molar-refractivity contribution in [2.45, 2.75) is 0 Å². The Balaban J connectivity index is 2.12. The van der Waals surface area contributed by atoms with Crippen LogP contribution < -0.4 is 0 Å². The van der Waals surface area contributed by atoms with Crippen LogP contribution in [0.2, 0.25) is 0 Å². The molecule has 4 nitrogen and oxygen atoms in total. The molecule has 0 aliphatic carbocycles. The van der Waals surface area contributed by atoms with Crippen molar-refractivity contribution in [1.29, 1.82) is 0 Å². The summed E-state index contributed by atoms with van der Waals surface area (Å²) in [6.07, 6.45) is 4.54. The average Bonchev–Trinajstić information content (AvgIpc) is 2.46. The van der Waals surface area contributed by atoms with Gasteiger partial charge in [-0.3, -0.25) is 14.9 Å². The lowest BCUT2D eigenvalue weighted by Gasteiger charge is -1.95. The first-order valence-electron chi connectivity index (χ1n) is 5.67. The van der Waals surface area contributed by atoms with Gasteiger partial charge in [0, 0.05) is 17.7 Å². The molecule has 0 N–H and O–H groups in total. The number of benzene rings is 2. The number of nitrogens with zero attached hydrogens (tertiary/aromatic N) is 1. The second kappa shape index (κ2) is 5.73. The van der Waals surface area contributed by atoms with Gasteiger partial charge in [-0.15, -0.1) is 0 Å². The highest BCUT2D eigenvalue weighted by molar-refractivity contribution is 5.76. The standard InChI is InChI=1S/C15H11NO3/c17-11-14-5-3-12(4-6-14)1-2-13-7-9-15(10-8-13)16(18)19/h1-11H. The topological polar surface area (TPSA) is 60.2 Å². The molecule has 0 aliphatic rings. The normalized spacial score (nSPS) is 10.5. The van der Waals surface area contributed by atoms with Gasteiger partial charge in [0.05, 0.1) is 4.92 Å². The maximum absolute atomic E-state index is 10.5. The quantitative estimate of drug-likeness (QED) is 0.362. The summed E-state index contributed by atoms with van der Waals surface area (Å²) in [7, 11) is 0. The minimum atomic E-state index is -0.425. The zero-order chi connectivity index (χ0) is 13.7. The Morgan fingerprint density at radius 2 is 1.21 bits per heavy atom. The molecular formula is C15H11NO3. The van der Waals surface area contributed by atoms with Gasteiger partial charge in [-0.05, 0) is 23.3 Å². The third-order valence-electron chi connectivity index (χ3n) is 2.64. The van der Waals surface area contributed by atoms with Gasteiger partial charge in [0.2, 0.25) is 0 Å². The van der Waals surface area contributed by atoms with Gasteiger partial charge in [-0.1, -0.05) is 36.4 Å². The minimum absolute atomic E-state index is 0.0764. The maximum Gasteiger partial charge on any atom is 0.269 e. The van der Waals surface area contributed by atoms with E-state index in [1.54, 1.807) is 24.3 Å². The van der Waals surface area contributed by atoms with Gasteiger partial charge < -0.3 is 0 Å². The zero-order valence-corrected chi connectivity index (χ0v) is 10.0. The number of nitro groups is 1. The first-order chi connectivity index (χ1) is 9.19. The van der Waals surface area contributed by atoms with Crippen molar-refractivity contribution < 1.29 is 9.72 Å². The second-order valence-electron chi connectivity index (χ2n) is 3.97. The fourth-order valence-electron chi connectivity index (χ4n) is 1.59. The van der Waals surface area contributed by atoms with E-state index in [2.05, 4.69) is 0 Å². The van der Waals surface area contributed by atoms with Crippen LogP contribution in [0.1, 0.15) is 21.5 Å². The summed E-state index contributed by atoms with van der Waals surface area (Å²) in [4.78, 5) is 20.6. The van der Waals surface area contributed by atoms with Gasteiger partial charge in [0.15, 0.2) is 0 Å². The van der Waals surface area contributed by atoms with Crippen molar-refractivity contribution in [3.63, 3.8) is 0 Å². The molecule has 94 valence electrons. The van der Waals surface area contributed by atoms with Crippen molar-refractivity contribution in [1.82, 2.24) is 0 Å². The lowest BCUT2D eigenvalue weighted by Crippen LogP contribution is -1.86. The monoisotopic (exact) mass is 253 g/mol. The van der Waals surface area contributed by atoms with Crippen molar-refractivity contribution in [2.75, 3.05) is 0 Å². The van der Waals surface area contributed by atoms with Crippen molar-refractivity contribution >= 4 is 24.1 Å². The molecule has 0 atom stereocenters. The largest absolute Gasteiger partial charge is 0.298 e. The molecule has 0 aromatic heterocycles. The minimum Gasteiger partial charge on any atom is -0.298 e. The number of carbonyl (C=O) groups excluding carboxylic acids is 1. The summed E-state index contributed by atoms with van der Waals surface area (Å²) in [6, 6.07) is 13.5. The van der Waals surface area contributed by atoms with Gasteiger partial charge in [-0.2, -0.15) is 0 Å². The molecule has 0 saturated heterocycles. The molecule has 0 saturated carbocycles. The lowest BCUT2D eigenvalue weighted by molar-refractivity contribution is -0.384. The first-order valence-corrected chi connectivity index (χ1v) is 5.67. The van der Waals surface area contributed by atoms with Crippen molar-refractivity contribution in [3.05, 3.63) is 75.3 Å². The Hall–Kier alpha value is -2.75. The molecule has 0 radical (unpaired) electrons. The van der Waals surface area contributed by atoms with Crippen LogP contribution in [-0.4, -0.2) is 11.2 Å². The van der Waals surface area contributed by atoms with Crippen LogP contribution in [0.25, 0.3) is 12.2 Å². The van der Waals surface area contributed by atoms with Gasteiger partial charge in [0.25, 0.3) is 5.69 Å². The van der Waals surface area contributed by atoms with E-state index in [-0.39, 0.29) is 5.69 Å². The van der Waals surface area contributed by atoms with Crippen LogP contribution in [0, 0.1) is 10.1 Å². The molecule has 19 heavy (non-hydrogen) atoms. The fraction of sp³-hybridized carbons (Fsp3) is 0. The molecule has 0 aliphatic heterocycles. The van der Waals surface area contributed by atoms with E-state index in [0.717, 1.165) is 17.4 Å². The van der Waals surface area contributed by atoms with E-state index < -0.39 is 4.92 Å². The maximum atomic E-state index is 10.5. The number of hydrogen-bond donors (Lipinski definition) is 0. The Kier molecular flexibility index (Phi) is 3.83. The van der Waals surface area contributed by atoms with E-state index in [1.165, 1.54) is 12.1 Å². The smallest absolute Gasteiger partial charge is 0.269 e. The Morgan fingerprint density at radius 3 is 1.63 bits per heavy atom. The number of aldehydes is 1. The molecule has 0 unspecified atom stereocenters. The molecule has 0 heterocycles. The summed E-state index contributed by atoms with van der Waals surface area (Å²) < 4.78 is 0. The van der Waals surface area contributed by atoms with Crippen LogP contribution in [0.4, 0.5) is 5.69 Å². The van der Waals surface area contributed by atoms with Crippen LogP contribution in [-0.2, 0) is 0 Å². The van der Waals surface area contributed by atoms with E-state index in [4.69, 9.17) is 0 Å². The summed E-state index contributed by atoms with van der Waals surface area (Å²) in [5, 5.41) is 10.5. The number of non-ortho nitro benzene ring substituents is 1. The predicted octanol–water partition coefficient (Wildman–Crippen LogP) is 3.58. The van der Waals surface area contributed by atoms with Gasteiger partial charge >= 0.3 is 0 Å². The van der Waals surface area contributed by atoms with Crippen molar-refractivity contribution in [3.8, 4) is 0 Å². The summed E-state index contributed by atoms with van der Waals surface area (Å²) in [5.41, 5.74) is 2.55. The van der Waals surface area contributed by atoms with Gasteiger partial charge in [0.1, 0.15) is 6.29 Å². The summed E-state index contributed by atoms with van der Waals surface area (Å²) >= 11 is 0. The molecular weight excluding hydrogens is 242 g/mol. The highest BCUT2D eigenvalue weighted by Crippen LogP contribution is 2.14. The van der Waals surface area contributed by atoms with Gasteiger partial charge in [-0.25, -0.2) is 0 Å². The number of rotatable bonds is 4. The number of nitro benzene ring substituents is 1. The molecule has 2 rings (SSSR count). The Labute approximate surface area is 110 Å². The highest BCUT2D eigenvalue weighted by Gasteiger charge is 2.01. The van der Waals surface area contributed by atoms with E-state index in [0.29, 0.717) is 5.56 Å². The number of carbonyl (C=O) groups is 1. The fourth-order valence-corrected chi connectivity index (χ4v) is 1.59. The molecule has 2 aromatic rings. The molecule has 0 amide bonds. The van der Waals surface area contributed by atoms with E-state index >= 15 is 0 Å². The van der Waals surface area contributed by atoms with Crippen LogP contribution in [0.5, 0.6) is 0 Å². The second-order valence-corrected chi connectivity index (χ2v) is 3.97. The molecule has 0 bridgehead atoms. The molecule has 0 spiro atoms. The van der Waals surface area contributed by atoms with E-state index in [1.807, 2.05) is 24.3 Å². The van der Waals surface area contributed by atoms with Crippen molar-refractivity contribution in [2.24, 2.45) is 0 Å². The zero-order valence-electron chi connectivity index (χ0n) is 10.0. The van der Waals surface area contributed by atoms with Crippen LogP contribution in [0.3, 0.4) is 0 Å².